The number of halogens is 1. The maximum absolute atomic E-state index is 10.4. The second kappa shape index (κ2) is 4.07. The van der Waals surface area contributed by atoms with E-state index >= 15 is 0 Å². The molecule has 0 aliphatic carbocycles. The van der Waals surface area contributed by atoms with Crippen LogP contribution in [0, 0.1) is 16.7 Å². The summed E-state index contributed by atoms with van der Waals surface area (Å²) in [6.07, 6.45) is 0. The molecule has 1 aromatic carbocycles. The van der Waals surface area contributed by atoms with Crippen LogP contribution in [0.1, 0.15) is 18.5 Å². The Kier molecular flexibility index (Phi) is 3.05. The predicted molar refractivity (Wildman–Crippen MR) is 53.1 cm³/mol. The first-order valence-electron chi connectivity index (χ1n) is 3.86. The molecule has 1 aromatic rings. The van der Waals surface area contributed by atoms with Crippen LogP contribution in [0.15, 0.2) is 18.2 Å². The van der Waals surface area contributed by atoms with Crippen molar-refractivity contribution in [2.24, 2.45) is 0 Å². The highest BCUT2D eigenvalue weighted by Crippen LogP contribution is 2.28. The lowest BCUT2D eigenvalue weighted by atomic mass is 10.1. The van der Waals surface area contributed by atoms with Crippen LogP contribution in [0.3, 0.4) is 0 Å². The largest absolute Gasteiger partial charge is 0.309 e. The molecule has 0 spiro atoms. The topological polar surface area (TPSA) is 47.5 Å². The van der Waals surface area contributed by atoms with Gasteiger partial charge >= 0.3 is 0 Å². The van der Waals surface area contributed by atoms with E-state index in [4.69, 9.17) is 18.2 Å². The van der Waals surface area contributed by atoms with E-state index in [0.29, 0.717) is 5.56 Å². The van der Waals surface area contributed by atoms with E-state index in [-0.39, 0.29) is 16.8 Å². The molecule has 0 aliphatic heterocycles. The molecule has 0 saturated carbocycles. The zero-order chi connectivity index (χ0) is 10.7. The van der Waals surface area contributed by atoms with Crippen LogP contribution in [0.4, 0.5) is 5.69 Å². The van der Waals surface area contributed by atoms with Gasteiger partial charge in [0.2, 0.25) is 6.04 Å². The molecule has 0 fully saturated rings. The molecular weight excluding hydrogens is 204 g/mol. The van der Waals surface area contributed by atoms with Crippen molar-refractivity contribution in [2.45, 2.75) is 13.0 Å². The fraction of sp³-hybridized carbons (Fsp3) is 0.222. The van der Waals surface area contributed by atoms with Gasteiger partial charge in [-0.25, -0.2) is 6.57 Å². The van der Waals surface area contributed by atoms with Crippen molar-refractivity contribution in [3.05, 3.63) is 50.3 Å². The second-order valence-electron chi connectivity index (χ2n) is 2.77. The van der Waals surface area contributed by atoms with E-state index in [1.807, 2.05) is 0 Å². The number of nitro groups is 1. The molecule has 1 rings (SSSR count). The number of rotatable bonds is 2. The second-order valence-corrected chi connectivity index (χ2v) is 3.18. The third kappa shape index (κ3) is 2.01. The van der Waals surface area contributed by atoms with Gasteiger partial charge in [-0.2, -0.15) is 0 Å². The standard InChI is InChI=1S/C9H7ClN2O2/c1-6(11-2)7-3-4-9(12(13)14)8(10)5-7/h3-6H,1H3. The van der Waals surface area contributed by atoms with Crippen LogP contribution in [-0.4, -0.2) is 4.92 Å². The van der Waals surface area contributed by atoms with Crippen LogP contribution in [0.2, 0.25) is 5.02 Å². The summed E-state index contributed by atoms with van der Waals surface area (Å²) in [6.45, 7) is 8.52. The summed E-state index contributed by atoms with van der Waals surface area (Å²) in [5, 5.41) is 10.5. The average molecular weight is 211 g/mol. The van der Waals surface area contributed by atoms with Gasteiger partial charge in [0.25, 0.3) is 5.69 Å². The Hall–Kier alpha value is -1.60. The van der Waals surface area contributed by atoms with E-state index in [1.54, 1.807) is 13.0 Å². The van der Waals surface area contributed by atoms with Crippen molar-refractivity contribution in [2.75, 3.05) is 0 Å². The zero-order valence-corrected chi connectivity index (χ0v) is 8.15. The van der Waals surface area contributed by atoms with Gasteiger partial charge in [0.15, 0.2) is 0 Å². The summed E-state index contributed by atoms with van der Waals surface area (Å²) in [5.41, 5.74) is 0.559. The van der Waals surface area contributed by atoms with Crippen LogP contribution < -0.4 is 0 Å². The van der Waals surface area contributed by atoms with E-state index < -0.39 is 4.92 Å². The van der Waals surface area contributed by atoms with Gasteiger partial charge in [-0.1, -0.05) is 11.6 Å². The Balaban J connectivity index is 3.14. The Bertz CT molecular complexity index is 412. The molecule has 1 atom stereocenters. The van der Waals surface area contributed by atoms with Crippen molar-refractivity contribution in [1.82, 2.24) is 0 Å². The maximum Gasteiger partial charge on any atom is 0.287 e. The van der Waals surface area contributed by atoms with Gasteiger partial charge in [0, 0.05) is 18.6 Å². The Morgan fingerprint density at radius 1 is 1.64 bits per heavy atom. The molecule has 0 aromatic heterocycles. The highest BCUT2D eigenvalue weighted by Gasteiger charge is 2.16. The Labute approximate surface area is 86.1 Å². The first-order valence-corrected chi connectivity index (χ1v) is 4.24. The van der Waals surface area contributed by atoms with Crippen molar-refractivity contribution in [3.63, 3.8) is 0 Å². The third-order valence-corrected chi connectivity index (χ3v) is 2.15. The smallest absolute Gasteiger partial charge is 0.287 e. The molecule has 0 aliphatic rings. The third-order valence-electron chi connectivity index (χ3n) is 1.84. The van der Waals surface area contributed by atoms with Crippen molar-refractivity contribution < 1.29 is 4.92 Å². The van der Waals surface area contributed by atoms with Gasteiger partial charge in [-0.15, -0.1) is 0 Å². The molecule has 1 unspecified atom stereocenters. The quantitative estimate of drug-likeness (QED) is 0.427. The number of benzene rings is 1. The van der Waals surface area contributed by atoms with Gasteiger partial charge in [-0.3, -0.25) is 10.1 Å². The molecule has 5 heteroatoms. The van der Waals surface area contributed by atoms with Crippen LogP contribution in [-0.2, 0) is 0 Å². The first-order chi connectivity index (χ1) is 6.56. The fourth-order valence-electron chi connectivity index (χ4n) is 1.01. The molecule has 0 saturated heterocycles. The number of nitrogens with zero attached hydrogens (tertiary/aromatic N) is 2. The monoisotopic (exact) mass is 210 g/mol. The lowest BCUT2D eigenvalue weighted by molar-refractivity contribution is -0.384. The molecule has 0 bridgehead atoms. The normalized spacial score (nSPS) is 11.8. The minimum absolute atomic E-state index is 0.0722. The average Bonchev–Trinajstić information content (AvgIpc) is 2.15. The van der Waals surface area contributed by atoms with E-state index in [9.17, 15) is 10.1 Å². The zero-order valence-electron chi connectivity index (χ0n) is 7.40. The van der Waals surface area contributed by atoms with Crippen LogP contribution >= 0.6 is 11.6 Å². The molecule has 0 amide bonds. The minimum atomic E-state index is -0.547. The molecular formula is C9H7ClN2O2. The van der Waals surface area contributed by atoms with Crippen molar-refractivity contribution in [1.29, 1.82) is 0 Å². The first kappa shape index (κ1) is 10.5. The van der Waals surface area contributed by atoms with Gasteiger partial charge in [-0.05, 0) is 12.1 Å². The SMILES string of the molecule is [C-]#[N+]C(C)c1ccc([N+](=O)[O-])c(Cl)c1. The predicted octanol–water partition coefficient (Wildman–Crippen LogP) is 3.23. The summed E-state index contributed by atoms with van der Waals surface area (Å²) in [6, 6.07) is 4.00. The molecule has 72 valence electrons. The summed E-state index contributed by atoms with van der Waals surface area (Å²) < 4.78 is 0. The lowest BCUT2D eigenvalue weighted by Crippen LogP contribution is -1.92. The van der Waals surface area contributed by atoms with E-state index in [0.717, 1.165) is 0 Å². The molecule has 14 heavy (non-hydrogen) atoms. The molecule has 0 N–H and O–H groups in total. The highest BCUT2D eigenvalue weighted by atomic mass is 35.5. The van der Waals surface area contributed by atoms with Gasteiger partial charge in [0.1, 0.15) is 5.02 Å². The number of hydrogen-bond acceptors (Lipinski definition) is 2. The summed E-state index contributed by atoms with van der Waals surface area (Å²) >= 11 is 5.68. The van der Waals surface area contributed by atoms with E-state index in [2.05, 4.69) is 4.85 Å². The van der Waals surface area contributed by atoms with Gasteiger partial charge in [0.05, 0.1) is 4.92 Å². The minimum Gasteiger partial charge on any atom is -0.309 e. The van der Waals surface area contributed by atoms with E-state index in [1.165, 1.54) is 12.1 Å². The van der Waals surface area contributed by atoms with Crippen molar-refractivity contribution in [3.8, 4) is 0 Å². The Morgan fingerprint density at radius 3 is 2.71 bits per heavy atom. The van der Waals surface area contributed by atoms with Crippen LogP contribution in [0.25, 0.3) is 4.85 Å². The summed E-state index contributed by atoms with van der Waals surface area (Å²) in [5.74, 6) is 0. The number of hydrogen-bond donors (Lipinski definition) is 0. The maximum atomic E-state index is 10.4. The van der Waals surface area contributed by atoms with Gasteiger partial charge < -0.3 is 4.85 Å². The molecule has 0 radical (unpaired) electrons. The Morgan fingerprint density at radius 2 is 2.29 bits per heavy atom. The van der Waals surface area contributed by atoms with Crippen LogP contribution in [0.5, 0.6) is 0 Å². The number of nitro benzene ring substituents is 1. The molecule has 4 nitrogen and oxygen atoms in total. The fourth-order valence-corrected chi connectivity index (χ4v) is 1.26. The summed E-state index contributed by atoms with van der Waals surface area (Å²) in [7, 11) is 0. The lowest BCUT2D eigenvalue weighted by Gasteiger charge is -2.00. The van der Waals surface area contributed by atoms with Crippen molar-refractivity contribution >= 4 is 17.3 Å². The summed E-state index contributed by atoms with van der Waals surface area (Å²) in [4.78, 5) is 13.2. The molecule has 0 heterocycles. The highest BCUT2D eigenvalue weighted by molar-refractivity contribution is 6.32.